The van der Waals surface area contributed by atoms with Crippen molar-refractivity contribution in [3.05, 3.63) is 82.1 Å². The lowest BCUT2D eigenvalue weighted by Gasteiger charge is -2.22. The van der Waals surface area contributed by atoms with E-state index in [1.165, 1.54) is 12.1 Å². The molecule has 16 heteroatoms. The van der Waals surface area contributed by atoms with Crippen molar-refractivity contribution in [1.29, 1.82) is 0 Å². The zero-order valence-corrected chi connectivity index (χ0v) is 22.2. The second-order valence-corrected chi connectivity index (χ2v) is 12.1. The molecule has 204 valence electrons. The molecule has 0 fully saturated rings. The van der Waals surface area contributed by atoms with Crippen molar-refractivity contribution in [2.75, 3.05) is 27.1 Å². The minimum absolute atomic E-state index is 0.0579. The zero-order chi connectivity index (χ0) is 28.5. The molecule has 8 nitrogen and oxygen atoms in total. The number of carbonyl (C=O) groups is 1. The molecule has 0 spiro atoms. The van der Waals surface area contributed by atoms with Gasteiger partial charge < -0.3 is 5.32 Å². The van der Waals surface area contributed by atoms with Crippen LogP contribution in [0.3, 0.4) is 0 Å². The molecule has 0 unspecified atom stereocenters. The summed E-state index contributed by atoms with van der Waals surface area (Å²) in [5.41, 5.74) is -1.56. The molecule has 0 radical (unpaired) electrons. The number of rotatable bonds is 8. The van der Waals surface area contributed by atoms with Crippen LogP contribution in [0.2, 0.25) is 10.0 Å². The number of halogens is 6. The van der Waals surface area contributed by atoms with Gasteiger partial charge in [-0.1, -0.05) is 23.2 Å². The monoisotopic (exact) mass is 613 g/mol. The van der Waals surface area contributed by atoms with Gasteiger partial charge in [-0.25, -0.2) is 21.2 Å². The van der Waals surface area contributed by atoms with Crippen LogP contribution < -0.4 is 14.3 Å². The zero-order valence-electron chi connectivity index (χ0n) is 19.1. The molecule has 2 N–H and O–H groups in total. The number of hydrogen-bond donors (Lipinski definition) is 2. The molecule has 0 saturated heterocycles. The summed E-state index contributed by atoms with van der Waals surface area (Å²) in [7, 11) is -8.30. The Hall–Kier alpha value is -3.07. The van der Waals surface area contributed by atoms with Crippen molar-refractivity contribution < 1.29 is 39.2 Å². The van der Waals surface area contributed by atoms with E-state index in [4.69, 9.17) is 23.2 Å². The summed E-state index contributed by atoms with van der Waals surface area (Å²) in [5, 5.41) is 1.44. The Kier molecular flexibility index (Phi) is 8.51. The quantitative estimate of drug-likeness (QED) is 0.332. The van der Waals surface area contributed by atoms with Gasteiger partial charge in [-0.3, -0.25) is 13.8 Å². The van der Waals surface area contributed by atoms with Crippen molar-refractivity contribution in [3.8, 4) is 0 Å². The minimum Gasteiger partial charge on any atom is -0.325 e. The maximum atomic E-state index is 13.5. The maximum Gasteiger partial charge on any atom is 0.417 e. The van der Waals surface area contributed by atoms with Crippen molar-refractivity contribution in [2.24, 2.45) is 0 Å². The Bertz CT molecular complexity index is 1580. The number of anilines is 3. The van der Waals surface area contributed by atoms with E-state index >= 15 is 0 Å². The predicted molar refractivity (Wildman–Crippen MR) is 136 cm³/mol. The van der Waals surface area contributed by atoms with Gasteiger partial charge in [-0.15, -0.1) is 0 Å². The molecular weight excluding hydrogens is 597 g/mol. The molecule has 3 rings (SSSR count). The normalized spacial score (nSPS) is 12.2. The van der Waals surface area contributed by atoms with Crippen LogP contribution in [-0.4, -0.2) is 35.5 Å². The molecule has 0 aliphatic rings. The smallest absolute Gasteiger partial charge is 0.325 e. The fourth-order valence-electron chi connectivity index (χ4n) is 3.11. The van der Waals surface area contributed by atoms with Gasteiger partial charge in [-0.05, 0) is 60.7 Å². The summed E-state index contributed by atoms with van der Waals surface area (Å²) in [6.45, 7) is -0.708. The summed E-state index contributed by atoms with van der Waals surface area (Å²) < 4.78 is 105. The highest BCUT2D eigenvalue weighted by Crippen LogP contribution is 2.36. The number of alkyl halides is 3. The molecule has 0 aliphatic carbocycles. The molecule has 3 aromatic carbocycles. The SMILES string of the molecule is CS(=O)(=O)N(CC(=O)Nc1ccc(S(=O)(=O)Nc2ccc(Cl)c(C(F)(F)F)c2)cc1)c1ccc(F)c(Cl)c1. The van der Waals surface area contributed by atoms with Gasteiger partial charge in [0.15, 0.2) is 0 Å². The first-order chi connectivity index (χ1) is 17.5. The third-order valence-electron chi connectivity index (χ3n) is 4.85. The summed E-state index contributed by atoms with van der Waals surface area (Å²) in [4.78, 5) is 12.2. The van der Waals surface area contributed by atoms with Crippen molar-refractivity contribution >= 4 is 66.2 Å². The predicted octanol–water partition coefficient (Wildman–Crippen LogP) is 5.36. The van der Waals surface area contributed by atoms with E-state index in [-0.39, 0.29) is 27.0 Å². The molecule has 3 aromatic rings. The van der Waals surface area contributed by atoms with E-state index in [2.05, 4.69) is 5.32 Å². The van der Waals surface area contributed by atoms with Crippen molar-refractivity contribution in [2.45, 2.75) is 11.1 Å². The number of nitrogens with zero attached hydrogens (tertiary/aromatic N) is 1. The Morgan fingerprint density at radius 1 is 0.895 bits per heavy atom. The van der Waals surface area contributed by atoms with E-state index in [0.717, 1.165) is 48.7 Å². The van der Waals surface area contributed by atoms with E-state index in [1.54, 1.807) is 0 Å². The van der Waals surface area contributed by atoms with Gasteiger partial charge in [0.05, 0.1) is 32.4 Å². The lowest BCUT2D eigenvalue weighted by molar-refractivity contribution is -0.137. The van der Waals surface area contributed by atoms with Crippen LogP contribution in [0, 0.1) is 5.82 Å². The first-order valence-electron chi connectivity index (χ1n) is 10.2. The number of hydrogen-bond acceptors (Lipinski definition) is 5. The molecule has 0 atom stereocenters. The topological polar surface area (TPSA) is 113 Å². The Morgan fingerprint density at radius 2 is 1.50 bits per heavy atom. The Balaban J connectivity index is 1.74. The second-order valence-electron chi connectivity index (χ2n) is 7.74. The highest BCUT2D eigenvalue weighted by Gasteiger charge is 2.33. The van der Waals surface area contributed by atoms with E-state index in [9.17, 15) is 39.2 Å². The first-order valence-corrected chi connectivity index (χ1v) is 14.3. The van der Waals surface area contributed by atoms with Crippen LogP contribution in [-0.2, 0) is 31.0 Å². The molecule has 0 saturated carbocycles. The standard InChI is InChI=1S/C22H17Cl2F4N3O5S2/c1-37(33,34)31(15-5-9-20(25)19(24)11-15)12-21(32)29-13-2-6-16(7-3-13)38(35,36)30-14-4-8-18(23)17(10-14)22(26,27)28/h2-11,30H,12H2,1H3,(H,29,32). The highest BCUT2D eigenvalue weighted by molar-refractivity contribution is 7.92. The lowest BCUT2D eigenvalue weighted by atomic mass is 10.2. The van der Waals surface area contributed by atoms with Crippen LogP contribution in [0.4, 0.5) is 34.6 Å². The summed E-state index contributed by atoms with van der Waals surface area (Å²) >= 11 is 11.2. The molecular formula is C22H17Cl2F4N3O5S2. The maximum absolute atomic E-state index is 13.5. The number of benzene rings is 3. The number of carbonyl (C=O) groups excluding carboxylic acids is 1. The molecule has 1 amide bonds. The number of nitrogens with one attached hydrogen (secondary N) is 2. The lowest BCUT2D eigenvalue weighted by Crippen LogP contribution is -2.37. The first kappa shape index (κ1) is 29.5. The van der Waals surface area contributed by atoms with E-state index in [1.807, 2.05) is 4.72 Å². The van der Waals surface area contributed by atoms with Gasteiger partial charge >= 0.3 is 6.18 Å². The molecule has 0 bridgehead atoms. The molecule has 0 aliphatic heterocycles. The Labute approximate surface area is 225 Å². The fraction of sp³-hybridized carbons (Fsp3) is 0.136. The van der Waals surface area contributed by atoms with Crippen LogP contribution >= 0.6 is 23.2 Å². The third kappa shape index (κ3) is 7.28. The molecule has 38 heavy (non-hydrogen) atoms. The van der Waals surface area contributed by atoms with Gasteiger partial charge in [0.1, 0.15) is 12.4 Å². The average Bonchev–Trinajstić information content (AvgIpc) is 2.79. The largest absolute Gasteiger partial charge is 0.417 e. The summed E-state index contributed by atoms with van der Waals surface area (Å²) in [6, 6.07) is 10.2. The van der Waals surface area contributed by atoms with Crippen LogP contribution in [0.15, 0.2) is 65.6 Å². The van der Waals surface area contributed by atoms with Gasteiger partial charge in [0.25, 0.3) is 10.0 Å². The molecule has 0 heterocycles. The summed E-state index contributed by atoms with van der Waals surface area (Å²) in [6.07, 6.45) is -3.96. The minimum atomic E-state index is -4.80. The highest BCUT2D eigenvalue weighted by atomic mass is 35.5. The van der Waals surface area contributed by atoms with Crippen LogP contribution in [0.25, 0.3) is 0 Å². The average molecular weight is 614 g/mol. The van der Waals surface area contributed by atoms with Gasteiger partial charge in [0, 0.05) is 11.4 Å². The van der Waals surface area contributed by atoms with Gasteiger partial charge in [-0.2, -0.15) is 13.2 Å². The van der Waals surface area contributed by atoms with Crippen LogP contribution in [0.1, 0.15) is 5.56 Å². The van der Waals surface area contributed by atoms with Crippen molar-refractivity contribution in [1.82, 2.24) is 0 Å². The number of sulfonamides is 2. The number of amides is 1. The molecule has 0 aromatic heterocycles. The van der Waals surface area contributed by atoms with Gasteiger partial charge in [0.2, 0.25) is 15.9 Å². The third-order valence-corrected chi connectivity index (χ3v) is 8.01. The second kappa shape index (κ2) is 11.0. The van der Waals surface area contributed by atoms with E-state index < -0.39 is 55.1 Å². The Morgan fingerprint density at radius 3 is 2.05 bits per heavy atom. The van der Waals surface area contributed by atoms with Crippen molar-refractivity contribution in [3.63, 3.8) is 0 Å². The fourth-order valence-corrected chi connectivity index (χ4v) is 5.41. The van der Waals surface area contributed by atoms with Crippen LogP contribution in [0.5, 0.6) is 0 Å². The summed E-state index contributed by atoms with van der Waals surface area (Å²) in [5.74, 6) is -1.60. The van der Waals surface area contributed by atoms with E-state index in [0.29, 0.717) is 10.4 Å².